The van der Waals surface area contributed by atoms with Crippen LogP contribution in [0.4, 0.5) is 0 Å². The van der Waals surface area contributed by atoms with Gasteiger partial charge < -0.3 is 20.4 Å². The molecular formula is C26H46O4. The summed E-state index contributed by atoms with van der Waals surface area (Å²) >= 11 is 0. The average molecular weight is 423 g/mol. The van der Waals surface area contributed by atoms with Crippen LogP contribution in [0.15, 0.2) is 0 Å². The summed E-state index contributed by atoms with van der Waals surface area (Å²) in [6.45, 7) is 10.8. The van der Waals surface area contributed by atoms with Gasteiger partial charge in [0, 0.05) is 0 Å². The maximum absolute atomic E-state index is 11.6. The first kappa shape index (κ1) is 23.0. The Morgan fingerprint density at radius 3 is 2.33 bits per heavy atom. The third-order valence-corrected chi connectivity index (χ3v) is 10.7. The predicted molar refractivity (Wildman–Crippen MR) is 119 cm³/mol. The first-order valence-electron chi connectivity index (χ1n) is 12.6. The zero-order valence-corrected chi connectivity index (χ0v) is 19.8. The lowest BCUT2D eigenvalue weighted by atomic mass is 9.43. The number of aliphatic hydroxyl groups is 4. The van der Waals surface area contributed by atoms with E-state index in [1.54, 1.807) is 0 Å². The average Bonchev–Trinajstić information content (AvgIpc) is 3.00. The summed E-state index contributed by atoms with van der Waals surface area (Å²) in [5.74, 6) is 2.30. The molecule has 4 saturated carbocycles. The summed E-state index contributed by atoms with van der Waals surface area (Å²) in [5.41, 5.74) is -0.646. The minimum absolute atomic E-state index is 0.135. The van der Waals surface area contributed by atoms with Gasteiger partial charge in [0.05, 0.1) is 23.9 Å². The number of aliphatic hydroxyl groups excluding tert-OH is 3. The Morgan fingerprint density at radius 1 is 0.967 bits per heavy atom. The standard InChI is InChI=1S/C26H46O4/c1-15(8-10-24(2,3)30)18-6-7-19-23-20(14-22(29)26(18,19)5)25(4)11-9-17(27)12-16(25)13-21(23)28/h15-23,27-30H,6-14H2,1-5H3/t15-,16-,17+,18-,19+,20+,21-,22+,23+,25+,26-/m1/s1. The highest BCUT2D eigenvalue weighted by atomic mass is 16.3. The molecule has 4 rings (SSSR count). The Morgan fingerprint density at radius 2 is 1.67 bits per heavy atom. The van der Waals surface area contributed by atoms with Gasteiger partial charge >= 0.3 is 0 Å². The van der Waals surface area contributed by atoms with Crippen LogP contribution in [0.25, 0.3) is 0 Å². The summed E-state index contributed by atoms with van der Waals surface area (Å²) in [6, 6.07) is 0. The van der Waals surface area contributed by atoms with Gasteiger partial charge in [-0.25, -0.2) is 0 Å². The number of fused-ring (bicyclic) bond motifs is 5. The predicted octanol–water partition coefficient (Wildman–Crippen LogP) is 4.14. The minimum Gasteiger partial charge on any atom is -0.393 e. The molecule has 4 nitrogen and oxygen atoms in total. The summed E-state index contributed by atoms with van der Waals surface area (Å²) in [6.07, 6.45) is 7.46. The van der Waals surface area contributed by atoms with E-state index in [9.17, 15) is 20.4 Å². The molecule has 11 atom stereocenters. The highest BCUT2D eigenvalue weighted by molar-refractivity contribution is 5.14. The molecule has 0 radical (unpaired) electrons. The van der Waals surface area contributed by atoms with E-state index in [1.807, 2.05) is 13.8 Å². The Hall–Kier alpha value is -0.160. The third kappa shape index (κ3) is 3.58. The zero-order valence-electron chi connectivity index (χ0n) is 19.8. The topological polar surface area (TPSA) is 80.9 Å². The molecular weight excluding hydrogens is 376 g/mol. The van der Waals surface area contributed by atoms with Gasteiger partial charge in [0.1, 0.15) is 0 Å². The van der Waals surface area contributed by atoms with Crippen molar-refractivity contribution < 1.29 is 20.4 Å². The molecule has 0 aromatic heterocycles. The first-order valence-corrected chi connectivity index (χ1v) is 12.6. The van der Waals surface area contributed by atoms with Crippen LogP contribution in [0.5, 0.6) is 0 Å². The van der Waals surface area contributed by atoms with E-state index in [4.69, 9.17) is 0 Å². The van der Waals surface area contributed by atoms with Crippen molar-refractivity contribution in [2.45, 2.75) is 116 Å². The van der Waals surface area contributed by atoms with E-state index in [1.165, 1.54) is 0 Å². The monoisotopic (exact) mass is 422 g/mol. The minimum atomic E-state index is -0.641. The summed E-state index contributed by atoms with van der Waals surface area (Å²) in [4.78, 5) is 0. The van der Waals surface area contributed by atoms with Crippen molar-refractivity contribution in [2.24, 2.45) is 46.3 Å². The van der Waals surface area contributed by atoms with E-state index in [0.717, 1.165) is 57.8 Å². The van der Waals surface area contributed by atoms with Crippen LogP contribution < -0.4 is 0 Å². The van der Waals surface area contributed by atoms with Gasteiger partial charge in [0.15, 0.2) is 0 Å². The van der Waals surface area contributed by atoms with Crippen LogP contribution in [0, 0.1) is 46.3 Å². The lowest BCUT2D eigenvalue weighted by Crippen LogP contribution is -2.62. The molecule has 0 aromatic carbocycles. The third-order valence-electron chi connectivity index (χ3n) is 10.7. The molecule has 0 unspecified atom stereocenters. The first-order chi connectivity index (χ1) is 13.9. The Bertz CT molecular complexity index is 629. The van der Waals surface area contributed by atoms with Crippen molar-refractivity contribution >= 4 is 0 Å². The SMILES string of the molecule is C[C@H](CCC(C)(C)O)[C@H]1CC[C@H]2[C@@H]3[C@H](O)C[C@H]4C[C@@H](O)CC[C@]4(C)[C@H]3C[C@H](O)[C@]12C. The van der Waals surface area contributed by atoms with E-state index in [2.05, 4.69) is 20.8 Å². The Kier molecular flexibility index (Phi) is 5.92. The van der Waals surface area contributed by atoms with Crippen molar-refractivity contribution in [2.75, 3.05) is 0 Å². The fourth-order valence-corrected chi connectivity index (χ4v) is 8.91. The van der Waals surface area contributed by atoms with Crippen LogP contribution in [-0.2, 0) is 0 Å². The second kappa shape index (κ2) is 7.71. The lowest BCUT2D eigenvalue weighted by Gasteiger charge is -2.63. The van der Waals surface area contributed by atoms with E-state index < -0.39 is 5.60 Å². The second-order valence-electron chi connectivity index (χ2n) is 12.9. The smallest absolute Gasteiger partial charge is 0.0602 e. The molecule has 30 heavy (non-hydrogen) atoms. The molecule has 0 amide bonds. The molecule has 4 aliphatic carbocycles. The molecule has 0 spiro atoms. The molecule has 174 valence electrons. The van der Waals surface area contributed by atoms with Crippen LogP contribution >= 0.6 is 0 Å². The maximum Gasteiger partial charge on any atom is 0.0602 e. The fourth-order valence-electron chi connectivity index (χ4n) is 8.91. The van der Waals surface area contributed by atoms with Crippen molar-refractivity contribution in [3.05, 3.63) is 0 Å². The fraction of sp³-hybridized carbons (Fsp3) is 1.00. The van der Waals surface area contributed by atoms with Gasteiger partial charge in [-0.05, 0) is 118 Å². The maximum atomic E-state index is 11.6. The Labute approximate surface area is 183 Å². The quantitative estimate of drug-likeness (QED) is 0.549. The molecule has 0 aliphatic heterocycles. The van der Waals surface area contributed by atoms with Crippen molar-refractivity contribution in [1.82, 2.24) is 0 Å². The van der Waals surface area contributed by atoms with E-state index in [-0.39, 0.29) is 35.1 Å². The van der Waals surface area contributed by atoms with Crippen LogP contribution in [0.2, 0.25) is 0 Å². The summed E-state index contributed by atoms with van der Waals surface area (Å²) in [7, 11) is 0. The van der Waals surface area contributed by atoms with Crippen molar-refractivity contribution in [1.29, 1.82) is 0 Å². The molecule has 4 aliphatic rings. The van der Waals surface area contributed by atoms with Gasteiger partial charge in [0.2, 0.25) is 0 Å². The molecule has 0 bridgehead atoms. The molecule has 4 heteroatoms. The summed E-state index contributed by atoms with van der Waals surface area (Å²) in [5, 5.41) is 43.4. The Balaban J connectivity index is 1.59. The highest BCUT2D eigenvalue weighted by Gasteiger charge is 2.65. The van der Waals surface area contributed by atoms with Crippen molar-refractivity contribution in [3.8, 4) is 0 Å². The van der Waals surface area contributed by atoms with Gasteiger partial charge in [-0.3, -0.25) is 0 Å². The number of hydrogen-bond donors (Lipinski definition) is 4. The van der Waals surface area contributed by atoms with Gasteiger partial charge in [0.25, 0.3) is 0 Å². The van der Waals surface area contributed by atoms with E-state index in [0.29, 0.717) is 29.6 Å². The molecule has 0 heterocycles. The van der Waals surface area contributed by atoms with Gasteiger partial charge in [-0.1, -0.05) is 20.8 Å². The lowest BCUT2D eigenvalue weighted by molar-refractivity contribution is -0.207. The molecule has 4 N–H and O–H groups in total. The molecule has 4 fully saturated rings. The number of hydrogen-bond acceptors (Lipinski definition) is 4. The molecule has 0 aromatic rings. The zero-order chi connectivity index (χ0) is 22.1. The van der Waals surface area contributed by atoms with Crippen molar-refractivity contribution in [3.63, 3.8) is 0 Å². The summed E-state index contributed by atoms with van der Waals surface area (Å²) < 4.78 is 0. The normalized spacial score (nSPS) is 52.3. The number of rotatable bonds is 4. The van der Waals surface area contributed by atoms with Gasteiger partial charge in [-0.2, -0.15) is 0 Å². The van der Waals surface area contributed by atoms with E-state index >= 15 is 0 Å². The molecule has 0 saturated heterocycles. The van der Waals surface area contributed by atoms with Crippen LogP contribution in [0.3, 0.4) is 0 Å². The highest BCUT2D eigenvalue weighted by Crippen LogP contribution is 2.68. The largest absolute Gasteiger partial charge is 0.393 e. The van der Waals surface area contributed by atoms with Crippen LogP contribution in [0.1, 0.15) is 92.4 Å². The second-order valence-corrected chi connectivity index (χ2v) is 12.9. The van der Waals surface area contributed by atoms with Gasteiger partial charge in [-0.15, -0.1) is 0 Å². The van der Waals surface area contributed by atoms with Crippen LogP contribution in [-0.4, -0.2) is 44.3 Å².